The summed E-state index contributed by atoms with van der Waals surface area (Å²) in [6.45, 7) is 0. The van der Waals surface area contributed by atoms with E-state index in [0.717, 1.165) is 32.8 Å². The van der Waals surface area contributed by atoms with Crippen LogP contribution in [0.4, 0.5) is 23.3 Å². The Morgan fingerprint density at radius 2 is 1.21 bits per heavy atom. The summed E-state index contributed by atoms with van der Waals surface area (Å²) in [5.41, 5.74) is 3.15. The predicted molar refractivity (Wildman–Crippen MR) is 153 cm³/mol. The highest BCUT2D eigenvalue weighted by atomic mass is 35.5. The van der Waals surface area contributed by atoms with Gasteiger partial charge in [-0.15, -0.1) is 22.7 Å². The van der Waals surface area contributed by atoms with E-state index in [0.29, 0.717) is 22.9 Å². The van der Waals surface area contributed by atoms with E-state index >= 15 is 0 Å². The molecule has 39 heavy (non-hydrogen) atoms. The van der Waals surface area contributed by atoms with Gasteiger partial charge in [0.2, 0.25) is 17.8 Å². The topological polar surface area (TPSA) is 136 Å². The number of thiazole rings is 2. The molecule has 6 aromatic heterocycles. The molecule has 0 aliphatic carbocycles. The number of halogens is 1. The monoisotopic (exact) mass is 574 g/mol. The van der Waals surface area contributed by atoms with E-state index < -0.39 is 0 Å². The Morgan fingerprint density at radius 1 is 0.641 bits per heavy atom. The van der Waals surface area contributed by atoms with Gasteiger partial charge in [-0.2, -0.15) is 0 Å². The summed E-state index contributed by atoms with van der Waals surface area (Å²) >= 11 is 8.80. The zero-order chi connectivity index (χ0) is 26.9. The lowest BCUT2D eigenvalue weighted by Gasteiger charge is -2.05. The number of anilines is 4. The van der Waals surface area contributed by atoms with Gasteiger partial charge in [0.1, 0.15) is 26.6 Å². The number of methoxy groups -OCH3 is 1. The number of nitrogens with one attached hydrogen (secondary N) is 2. The molecule has 0 saturated heterocycles. The van der Waals surface area contributed by atoms with E-state index in [1.165, 1.54) is 22.7 Å². The molecule has 0 radical (unpaired) electrons. The van der Waals surface area contributed by atoms with Gasteiger partial charge in [0.05, 0.1) is 30.9 Å². The average molecular weight is 575 g/mol. The molecule has 0 spiro atoms. The number of ether oxygens (including phenoxy) is 1. The molecule has 0 aliphatic rings. The first-order valence-electron chi connectivity index (χ1n) is 11.3. The second-order valence-electron chi connectivity index (χ2n) is 7.41. The van der Waals surface area contributed by atoms with Gasteiger partial charge in [-0.3, -0.25) is 0 Å². The lowest BCUT2D eigenvalue weighted by atomic mass is 10.4. The molecular formula is C25H19ClN10OS2. The van der Waals surface area contributed by atoms with Gasteiger partial charge >= 0.3 is 0 Å². The van der Waals surface area contributed by atoms with Crippen molar-refractivity contribution in [1.82, 2.24) is 39.9 Å². The van der Waals surface area contributed by atoms with Crippen LogP contribution in [-0.2, 0) is 0 Å². The van der Waals surface area contributed by atoms with Crippen molar-refractivity contribution in [3.8, 4) is 27.3 Å². The van der Waals surface area contributed by atoms with Gasteiger partial charge < -0.3 is 15.4 Å². The summed E-state index contributed by atoms with van der Waals surface area (Å²) in [7, 11) is 1.58. The van der Waals surface area contributed by atoms with E-state index in [9.17, 15) is 0 Å². The van der Waals surface area contributed by atoms with Crippen molar-refractivity contribution >= 4 is 57.5 Å². The Kier molecular flexibility index (Phi) is 8.53. The maximum Gasteiger partial charge on any atom is 0.227 e. The minimum Gasteiger partial charge on any atom is -0.481 e. The largest absolute Gasteiger partial charge is 0.481 e. The number of hydrogen-bond donors (Lipinski definition) is 2. The van der Waals surface area contributed by atoms with Crippen molar-refractivity contribution in [2.24, 2.45) is 0 Å². The summed E-state index contributed by atoms with van der Waals surface area (Å²) in [6, 6.07) is 10.8. The Bertz CT molecular complexity index is 1600. The molecule has 2 N–H and O–H groups in total. The quantitative estimate of drug-likeness (QED) is 0.213. The van der Waals surface area contributed by atoms with Crippen molar-refractivity contribution in [2.75, 3.05) is 17.7 Å². The number of pyridine rings is 2. The fraction of sp³-hybridized carbons (Fsp3) is 0.0400. The van der Waals surface area contributed by atoms with Crippen molar-refractivity contribution in [3.05, 3.63) is 89.5 Å². The van der Waals surface area contributed by atoms with E-state index in [2.05, 4.69) is 50.5 Å². The van der Waals surface area contributed by atoms with Crippen LogP contribution < -0.4 is 15.4 Å². The van der Waals surface area contributed by atoms with E-state index in [4.69, 9.17) is 16.3 Å². The van der Waals surface area contributed by atoms with Crippen LogP contribution in [0.25, 0.3) is 21.4 Å². The van der Waals surface area contributed by atoms with Gasteiger partial charge in [0.25, 0.3) is 0 Å². The Hall–Kier alpha value is -4.59. The number of nitrogens with zero attached hydrogens (tertiary/aromatic N) is 8. The molecule has 0 bridgehead atoms. The standard InChI is InChI=1S/C13H11N5OS.C12H8ClN5S/c1-19-11-3-2-9(8-16-11)17-13-15-5-4-10(18-13)12-14-6-7-20-12;13-10-2-1-8(7-16-10)17-12-15-4-3-9(18-12)11-14-5-6-19-11/h2-8H,1H3,(H,15,17,18);1-7H,(H,15,17,18). The molecule has 0 saturated carbocycles. The third-order valence-corrected chi connectivity index (χ3v) is 6.61. The van der Waals surface area contributed by atoms with Gasteiger partial charge in [-0.25, -0.2) is 39.9 Å². The molecule has 11 nitrogen and oxygen atoms in total. The SMILES string of the molecule is COc1ccc(Nc2nccc(-c3nccs3)n2)cn1.Clc1ccc(Nc2nccc(-c3nccs3)n2)cn1. The smallest absolute Gasteiger partial charge is 0.227 e. The molecule has 6 aromatic rings. The van der Waals surface area contributed by atoms with Gasteiger partial charge in [0.15, 0.2) is 0 Å². The highest BCUT2D eigenvalue weighted by Gasteiger charge is 2.06. The zero-order valence-corrected chi connectivity index (χ0v) is 22.7. The Morgan fingerprint density at radius 3 is 1.64 bits per heavy atom. The van der Waals surface area contributed by atoms with E-state index in [1.54, 1.807) is 56.4 Å². The molecule has 0 atom stereocenters. The number of aromatic nitrogens is 8. The van der Waals surface area contributed by atoms with Crippen LogP contribution in [0.3, 0.4) is 0 Å². The second-order valence-corrected chi connectivity index (χ2v) is 9.59. The van der Waals surface area contributed by atoms with Crippen LogP contribution in [0.15, 0.2) is 84.3 Å². The maximum atomic E-state index is 5.73. The van der Waals surface area contributed by atoms with Gasteiger partial charge in [-0.05, 0) is 30.3 Å². The van der Waals surface area contributed by atoms with Gasteiger partial charge in [0, 0.05) is 41.6 Å². The van der Waals surface area contributed by atoms with Crippen molar-refractivity contribution in [2.45, 2.75) is 0 Å². The van der Waals surface area contributed by atoms with Crippen LogP contribution in [0.5, 0.6) is 5.88 Å². The van der Waals surface area contributed by atoms with Crippen molar-refractivity contribution in [3.63, 3.8) is 0 Å². The van der Waals surface area contributed by atoms with Crippen LogP contribution >= 0.6 is 34.3 Å². The summed E-state index contributed by atoms with van der Waals surface area (Å²) in [6.07, 6.45) is 10.2. The summed E-state index contributed by atoms with van der Waals surface area (Å²) in [5.74, 6) is 1.56. The molecule has 0 unspecified atom stereocenters. The van der Waals surface area contributed by atoms with Crippen LogP contribution in [0, 0.1) is 0 Å². The lowest BCUT2D eigenvalue weighted by molar-refractivity contribution is 0.398. The normalized spacial score (nSPS) is 10.3. The molecule has 0 aromatic carbocycles. The molecule has 14 heteroatoms. The molecule has 194 valence electrons. The summed E-state index contributed by atoms with van der Waals surface area (Å²) < 4.78 is 5.01. The lowest BCUT2D eigenvalue weighted by Crippen LogP contribution is -1.98. The average Bonchev–Trinajstić information content (AvgIpc) is 3.71. The Balaban J connectivity index is 0.000000158. The second kappa shape index (κ2) is 12.8. The van der Waals surface area contributed by atoms with Crippen molar-refractivity contribution < 1.29 is 4.74 Å². The van der Waals surface area contributed by atoms with Crippen molar-refractivity contribution in [1.29, 1.82) is 0 Å². The molecule has 0 amide bonds. The van der Waals surface area contributed by atoms with Crippen LogP contribution in [0.1, 0.15) is 0 Å². The first-order chi connectivity index (χ1) is 19.2. The van der Waals surface area contributed by atoms with E-state index in [-0.39, 0.29) is 0 Å². The molecule has 6 heterocycles. The van der Waals surface area contributed by atoms with Crippen LogP contribution in [0.2, 0.25) is 5.15 Å². The molecular weight excluding hydrogens is 556 g/mol. The first kappa shape index (κ1) is 26.0. The fourth-order valence-electron chi connectivity index (χ4n) is 3.06. The zero-order valence-electron chi connectivity index (χ0n) is 20.3. The molecule has 0 fully saturated rings. The minimum atomic E-state index is 0.447. The summed E-state index contributed by atoms with van der Waals surface area (Å²) in [5, 5.41) is 12.2. The van der Waals surface area contributed by atoms with Gasteiger partial charge in [-0.1, -0.05) is 11.6 Å². The third kappa shape index (κ3) is 7.25. The van der Waals surface area contributed by atoms with E-state index in [1.807, 2.05) is 35.0 Å². The highest BCUT2D eigenvalue weighted by Crippen LogP contribution is 2.22. The summed E-state index contributed by atoms with van der Waals surface area (Å²) in [4.78, 5) is 33.7. The number of rotatable bonds is 7. The minimum absolute atomic E-state index is 0.447. The Labute approximate surface area is 236 Å². The molecule has 6 rings (SSSR count). The predicted octanol–water partition coefficient (Wildman–Crippen LogP) is 6.14. The fourth-order valence-corrected chi connectivity index (χ4v) is 4.38. The maximum absolute atomic E-state index is 5.73. The molecule has 0 aliphatic heterocycles. The van der Waals surface area contributed by atoms with Crippen LogP contribution in [-0.4, -0.2) is 47.0 Å². The number of hydrogen-bond acceptors (Lipinski definition) is 13. The highest BCUT2D eigenvalue weighted by molar-refractivity contribution is 7.13. The first-order valence-corrected chi connectivity index (χ1v) is 13.4. The third-order valence-electron chi connectivity index (χ3n) is 4.80.